The Morgan fingerprint density at radius 2 is 2.00 bits per heavy atom. The highest BCUT2D eigenvalue weighted by atomic mass is 35.5. The zero-order chi connectivity index (χ0) is 19.9. The monoisotopic (exact) mass is 476 g/mol. The van der Waals surface area contributed by atoms with Crippen LogP contribution in [0.15, 0.2) is 42.6 Å². The molecule has 30 heavy (non-hydrogen) atoms. The first-order chi connectivity index (χ1) is 13.5. The fraction of sp³-hybridized carbons (Fsp3) is 0.300. The molecule has 3 N–H and O–H groups in total. The van der Waals surface area contributed by atoms with Crippen molar-refractivity contribution in [3.8, 4) is 0 Å². The van der Waals surface area contributed by atoms with Crippen LogP contribution in [0.3, 0.4) is 0 Å². The smallest absolute Gasteiger partial charge is 0.267 e. The van der Waals surface area contributed by atoms with Crippen LogP contribution in [0.2, 0.25) is 5.02 Å². The highest BCUT2D eigenvalue weighted by Crippen LogP contribution is 2.24. The number of hydrogen-bond donors (Lipinski definition) is 3. The van der Waals surface area contributed by atoms with Crippen LogP contribution in [0.25, 0.3) is 6.08 Å². The molecular weight excluding hydrogens is 454 g/mol. The Kier molecular flexibility index (Phi) is 11.1. The van der Waals surface area contributed by atoms with Crippen molar-refractivity contribution in [3.63, 3.8) is 0 Å². The summed E-state index contributed by atoms with van der Waals surface area (Å²) >= 11 is 6.29. The fourth-order valence-electron chi connectivity index (χ4n) is 3.16. The number of hydrogen-bond acceptors (Lipinski definition) is 5. The summed E-state index contributed by atoms with van der Waals surface area (Å²) < 4.78 is 13.8. The number of likely N-dealkylation sites (tertiary alicyclic amines) is 1. The van der Waals surface area contributed by atoms with Gasteiger partial charge in [-0.25, -0.2) is 14.9 Å². The first-order valence-electron chi connectivity index (χ1n) is 9.05. The number of aromatic nitrogens is 1. The van der Waals surface area contributed by atoms with Gasteiger partial charge >= 0.3 is 0 Å². The molecule has 0 atom stereocenters. The molecule has 0 radical (unpaired) electrons. The molecule has 164 valence electrons. The number of hydroxylamine groups is 1. The van der Waals surface area contributed by atoms with Gasteiger partial charge in [0, 0.05) is 43.5 Å². The Morgan fingerprint density at radius 1 is 1.30 bits per heavy atom. The maximum absolute atomic E-state index is 13.8. The van der Waals surface area contributed by atoms with Gasteiger partial charge in [0.15, 0.2) is 0 Å². The van der Waals surface area contributed by atoms with Crippen LogP contribution >= 0.6 is 36.4 Å². The third-order valence-corrected chi connectivity index (χ3v) is 4.97. The summed E-state index contributed by atoms with van der Waals surface area (Å²) in [7, 11) is 0. The lowest BCUT2D eigenvalue weighted by Gasteiger charge is -2.32. The lowest BCUT2D eigenvalue weighted by atomic mass is 10.0. The van der Waals surface area contributed by atoms with E-state index in [9.17, 15) is 9.18 Å². The van der Waals surface area contributed by atoms with E-state index in [0.717, 1.165) is 31.5 Å². The summed E-state index contributed by atoms with van der Waals surface area (Å²) in [6.07, 6.45) is 6.11. The topological polar surface area (TPSA) is 77.5 Å². The number of benzene rings is 1. The Morgan fingerprint density at radius 3 is 2.63 bits per heavy atom. The second-order valence-electron chi connectivity index (χ2n) is 6.69. The van der Waals surface area contributed by atoms with Crippen molar-refractivity contribution in [2.24, 2.45) is 0 Å². The summed E-state index contributed by atoms with van der Waals surface area (Å²) in [6.45, 7) is 2.34. The lowest BCUT2D eigenvalue weighted by Crippen LogP contribution is -2.39. The van der Waals surface area contributed by atoms with Gasteiger partial charge in [-0.05, 0) is 36.6 Å². The number of carbonyl (C=O) groups is 1. The average molecular weight is 478 g/mol. The highest BCUT2D eigenvalue weighted by Gasteiger charge is 2.21. The van der Waals surface area contributed by atoms with E-state index in [2.05, 4.69) is 15.2 Å². The number of amides is 1. The van der Waals surface area contributed by atoms with Crippen molar-refractivity contribution in [1.82, 2.24) is 15.4 Å². The van der Waals surface area contributed by atoms with Crippen LogP contribution < -0.4 is 10.8 Å². The van der Waals surface area contributed by atoms with Gasteiger partial charge in [0.2, 0.25) is 0 Å². The molecule has 1 aliphatic heterocycles. The second-order valence-corrected chi connectivity index (χ2v) is 7.10. The molecule has 2 heterocycles. The van der Waals surface area contributed by atoms with Gasteiger partial charge in [-0.2, -0.15) is 0 Å². The molecule has 1 aromatic carbocycles. The van der Waals surface area contributed by atoms with Crippen LogP contribution in [0.1, 0.15) is 24.0 Å². The standard InChI is InChI=1S/C20H22ClFN4O2.2ClH/c21-17-11-14(5-6-19(27)25-28)12-23-20(17)24-16-7-9-26(10-8-16)13-15-3-1-2-4-18(15)22;;/h1-6,11-12,16,28H,7-10,13H2,(H,23,24)(H,25,27);2*1H. The third kappa shape index (κ3) is 7.41. The molecule has 10 heteroatoms. The molecule has 1 amide bonds. The van der Waals surface area contributed by atoms with Crippen molar-refractivity contribution in [1.29, 1.82) is 0 Å². The summed E-state index contributed by atoms with van der Waals surface area (Å²) in [5, 5.41) is 12.3. The molecular formula is C20H24Cl3FN4O2. The minimum Gasteiger partial charge on any atom is -0.366 e. The largest absolute Gasteiger partial charge is 0.366 e. The third-order valence-electron chi connectivity index (χ3n) is 4.68. The van der Waals surface area contributed by atoms with Gasteiger partial charge in [0.1, 0.15) is 11.6 Å². The molecule has 0 bridgehead atoms. The molecule has 2 aromatic rings. The molecule has 0 unspecified atom stereocenters. The Hall–Kier alpha value is -1.90. The van der Waals surface area contributed by atoms with Crippen LogP contribution in [0, 0.1) is 5.82 Å². The number of carbonyl (C=O) groups excluding carboxylic acids is 1. The first kappa shape index (κ1) is 26.1. The van der Waals surface area contributed by atoms with Gasteiger partial charge in [-0.3, -0.25) is 14.9 Å². The quantitative estimate of drug-likeness (QED) is 0.328. The molecule has 1 saturated heterocycles. The molecule has 0 saturated carbocycles. The zero-order valence-electron chi connectivity index (χ0n) is 16.1. The number of pyridine rings is 1. The van der Waals surface area contributed by atoms with E-state index in [1.165, 1.54) is 23.7 Å². The second kappa shape index (κ2) is 12.7. The van der Waals surface area contributed by atoms with Gasteiger partial charge in [0.05, 0.1) is 5.02 Å². The maximum atomic E-state index is 13.8. The molecule has 1 aliphatic rings. The van der Waals surface area contributed by atoms with Crippen molar-refractivity contribution in [2.45, 2.75) is 25.4 Å². The Balaban J connectivity index is 0.00000225. The normalized spacial score (nSPS) is 14.6. The van der Waals surface area contributed by atoms with Crippen molar-refractivity contribution >= 4 is 54.2 Å². The predicted molar refractivity (Wildman–Crippen MR) is 121 cm³/mol. The van der Waals surface area contributed by atoms with Crippen molar-refractivity contribution < 1.29 is 14.4 Å². The van der Waals surface area contributed by atoms with Crippen molar-refractivity contribution in [2.75, 3.05) is 18.4 Å². The lowest BCUT2D eigenvalue weighted by molar-refractivity contribution is -0.124. The Labute approximate surface area is 192 Å². The maximum Gasteiger partial charge on any atom is 0.267 e. The molecule has 1 fully saturated rings. The summed E-state index contributed by atoms with van der Waals surface area (Å²) in [4.78, 5) is 17.6. The van der Waals surface area contributed by atoms with Crippen LogP contribution in [0.4, 0.5) is 10.2 Å². The molecule has 1 aromatic heterocycles. The fourth-order valence-corrected chi connectivity index (χ4v) is 3.38. The number of halogens is 4. The Bertz CT molecular complexity index is 862. The van der Waals surface area contributed by atoms with Crippen LogP contribution in [-0.2, 0) is 11.3 Å². The SMILES string of the molecule is Cl.Cl.O=C(C=Cc1cnc(NC2CCN(Cc3ccccc3F)CC2)c(Cl)c1)NO. The van der Waals surface area contributed by atoms with E-state index in [0.29, 0.717) is 22.9 Å². The molecule has 6 nitrogen and oxygen atoms in total. The minimum atomic E-state index is -0.625. The van der Waals surface area contributed by atoms with Gasteiger partial charge in [0.25, 0.3) is 5.91 Å². The predicted octanol–water partition coefficient (Wildman–Crippen LogP) is 4.31. The van der Waals surface area contributed by atoms with Crippen LogP contribution in [-0.4, -0.2) is 40.1 Å². The first-order valence-corrected chi connectivity index (χ1v) is 9.43. The van der Waals surface area contributed by atoms with Crippen molar-refractivity contribution in [3.05, 3.63) is 64.6 Å². The highest BCUT2D eigenvalue weighted by molar-refractivity contribution is 6.33. The molecule has 3 rings (SSSR count). The van der Waals surface area contributed by atoms with E-state index in [1.54, 1.807) is 18.3 Å². The van der Waals surface area contributed by atoms with E-state index in [-0.39, 0.29) is 36.7 Å². The molecule has 0 spiro atoms. The zero-order valence-corrected chi connectivity index (χ0v) is 18.4. The number of piperidine rings is 1. The van der Waals surface area contributed by atoms with Gasteiger partial charge in [-0.15, -0.1) is 24.8 Å². The number of nitrogens with zero attached hydrogens (tertiary/aromatic N) is 2. The molecule has 0 aliphatic carbocycles. The van der Waals surface area contributed by atoms with E-state index in [1.807, 2.05) is 12.1 Å². The number of nitrogens with one attached hydrogen (secondary N) is 2. The number of rotatable bonds is 6. The van der Waals surface area contributed by atoms with E-state index in [4.69, 9.17) is 16.8 Å². The summed E-state index contributed by atoms with van der Waals surface area (Å²) in [5.74, 6) is -0.192. The summed E-state index contributed by atoms with van der Waals surface area (Å²) in [6, 6.07) is 8.81. The summed E-state index contributed by atoms with van der Waals surface area (Å²) in [5.41, 5.74) is 2.89. The number of anilines is 1. The van der Waals surface area contributed by atoms with E-state index < -0.39 is 5.91 Å². The average Bonchev–Trinajstić information content (AvgIpc) is 2.71. The van der Waals surface area contributed by atoms with E-state index >= 15 is 0 Å². The minimum absolute atomic E-state index is 0. The van der Waals surface area contributed by atoms with Gasteiger partial charge in [-0.1, -0.05) is 29.8 Å². The van der Waals surface area contributed by atoms with Gasteiger partial charge < -0.3 is 5.32 Å². The van der Waals surface area contributed by atoms with Crippen LogP contribution in [0.5, 0.6) is 0 Å².